The quantitative estimate of drug-likeness (QED) is 0.861. The maximum Gasteiger partial charge on any atom is 0.0431 e. The van der Waals surface area contributed by atoms with Gasteiger partial charge >= 0.3 is 0 Å². The fourth-order valence-electron chi connectivity index (χ4n) is 1.73. The van der Waals surface area contributed by atoms with Gasteiger partial charge in [-0.2, -0.15) is 0 Å². The Labute approximate surface area is 113 Å². The SMILES string of the molecule is CCc1ccc(C(N)CS(=O)C(C)C(C)C)cc1. The molecule has 0 heterocycles. The van der Waals surface area contributed by atoms with Gasteiger partial charge in [0.05, 0.1) is 0 Å². The van der Waals surface area contributed by atoms with E-state index in [1.807, 2.05) is 6.92 Å². The summed E-state index contributed by atoms with van der Waals surface area (Å²) in [5.41, 5.74) is 8.52. The van der Waals surface area contributed by atoms with Crippen LogP contribution in [0.3, 0.4) is 0 Å². The van der Waals surface area contributed by atoms with Crippen LogP contribution < -0.4 is 5.73 Å². The number of nitrogens with two attached hydrogens (primary N) is 1. The number of hydrogen-bond donors (Lipinski definition) is 1. The maximum absolute atomic E-state index is 12.1. The lowest BCUT2D eigenvalue weighted by Gasteiger charge is -2.18. The van der Waals surface area contributed by atoms with Crippen molar-refractivity contribution in [1.82, 2.24) is 0 Å². The van der Waals surface area contributed by atoms with Gasteiger partial charge in [-0.05, 0) is 23.5 Å². The van der Waals surface area contributed by atoms with Crippen molar-refractivity contribution in [3.05, 3.63) is 35.4 Å². The number of hydrogen-bond acceptors (Lipinski definition) is 2. The Hall–Kier alpha value is -0.670. The zero-order valence-corrected chi connectivity index (χ0v) is 12.7. The van der Waals surface area contributed by atoms with Gasteiger partial charge in [0.25, 0.3) is 0 Å². The molecular weight excluding hydrogens is 242 g/mol. The monoisotopic (exact) mass is 267 g/mol. The third-order valence-corrected chi connectivity index (χ3v) is 5.57. The van der Waals surface area contributed by atoms with Crippen LogP contribution in [0, 0.1) is 5.92 Å². The van der Waals surface area contributed by atoms with Crippen LogP contribution in [-0.2, 0) is 17.2 Å². The van der Waals surface area contributed by atoms with Crippen LogP contribution in [0.4, 0.5) is 0 Å². The van der Waals surface area contributed by atoms with E-state index in [9.17, 15) is 4.21 Å². The van der Waals surface area contributed by atoms with Gasteiger partial charge in [0, 0.05) is 27.8 Å². The molecule has 0 aliphatic heterocycles. The first kappa shape index (κ1) is 15.4. The molecule has 0 bridgehead atoms. The lowest BCUT2D eigenvalue weighted by atomic mass is 10.1. The summed E-state index contributed by atoms with van der Waals surface area (Å²) in [5.74, 6) is 0.977. The molecule has 102 valence electrons. The van der Waals surface area contributed by atoms with Crippen molar-refractivity contribution in [2.24, 2.45) is 11.7 Å². The first-order chi connectivity index (χ1) is 8.45. The van der Waals surface area contributed by atoms with Gasteiger partial charge in [-0.3, -0.25) is 4.21 Å². The Morgan fingerprint density at radius 2 is 1.72 bits per heavy atom. The van der Waals surface area contributed by atoms with Gasteiger partial charge in [0.1, 0.15) is 0 Å². The second-order valence-corrected chi connectivity index (χ2v) is 7.04. The van der Waals surface area contributed by atoms with Crippen LogP contribution in [-0.4, -0.2) is 15.2 Å². The summed E-state index contributed by atoms with van der Waals surface area (Å²) in [4.78, 5) is 0. The van der Waals surface area contributed by atoms with E-state index in [1.54, 1.807) is 0 Å². The smallest absolute Gasteiger partial charge is 0.0431 e. The molecule has 0 saturated heterocycles. The molecule has 0 spiro atoms. The lowest BCUT2D eigenvalue weighted by Crippen LogP contribution is -2.26. The van der Waals surface area contributed by atoms with E-state index in [-0.39, 0.29) is 11.3 Å². The third-order valence-electron chi connectivity index (χ3n) is 3.51. The maximum atomic E-state index is 12.1. The first-order valence-electron chi connectivity index (χ1n) is 6.67. The second kappa shape index (κ2) is 7.05. The highest BCUT2D eigenvalue weighted by molar-refractivity contribution is 7.85. The van der Waals surface area contributed by atoms with E-state index in [0.717, 1.165) is 12.0 Å². The van der Waals surface area contributed by atoms with Crippen LogP contribution in [0.2, 0.25) is 0 Å². The van der Waals surface area contributed by atoms with Crippen LogP contribution in [0.25, 0.3) is 0 Å². The van der Waals surface area contributed by atoms with E-state index in [4.69, 9.17) is 5.73 Å². The van der Waals surface area contributed by atoms with Crippen molar-refractivity contribution in [3.8, 4) is 0 Å². The number of rotatable bonds is 6. The van der Waals surface area contributed by atoms with E-state index >= 15 is 0 Å². The molecule has 0 aromatic heterocycles. The largest absolute Gasteiger partial charge is 0.323 e. The first-order valence-corrected chi connectivity index (χ1v) is 8.05. The normalized spacial score (nSPS) is 16.6. The average molecular weight is 267 g/mol. The molecule has 3 heteroatoms. The molecule has 2 N–H and O–H groups in total. The van der Waals surface area contributed by atoms with Crippen molar-refractivity contribution in [2.75, 3.05) is 5.75 Å². The molecule has 18 heavy (non-hydrogen) atoms. The summed E-state index contributed by atoms with van der Waals surface area (Å²) in [7, 11) is -0.858. The Kier molecular flexibility index (Phi) is 6.03. The van der Waals surface area contributed by atoms with Crippen LogP contribution in [0.15, 0.2) is 24.3 Å². The zero-order valence-electron chi connectivity index (χ0n) is 11.8. The highest BCUT2D eigenvalue weighted by atomic mass is 32.2. The molecule has 1 aromatic carbocycles. The molecule has 0 amide bonds. The van der Waals surface area contributed by atoms with Gasteiger partial charge in [0.15, 0.2) is 0 Å². The minimum atomic E-state index is -0.858. The Morgan fingerprint density at radius 3 is 2.17 bits per heavy atom. The predicted octanol–water partition coefficient (Wildman–Crippen LogP) is 3.04. The number of aryl methyl sites for hydroxylation is 1. The highest BCUT2D eigenvalue weighted by Crippen LogP contribution is 2.17. The van der Waals surface area contributed by atoms with Crippen molar-refractivity contribution >= 4 is 10.8 Å². The summed E-state index contributed by atoms with van der Waals surface area (Å²) in [5, 5.41) is 0.200. The van der Waals surface area contributed by atoms with Gasteiger partial charge in [0.2, 0.25) is 0 Å². The van der Waals surface area contributed by atoms with Crippen molar-refractivity contribution in [1.29, 1.82) is 0 Å². The minimum Gasteiger partial charge on any atom is -0.323 e. The fourth-order valence-corrected chi connectivity index (χ4v) is 3.19. The summed E-state index contributed by atoms with van der Waals surface area (Å²) in [6.45, 7) is 8.37. The second-order valence-electron chi connectivity index (χ2n) is 5.20. The highest BCUT2D eigenvalue weighted by Gasteiger charge is 2.18. The van der Waals surface area contributed by atoms with E-state index in [2.05, 4.69) is 45.0 Å². The molecule has 0 fully saturated rings. The van der Waals surface area contributed by atoms with Crippen molar-refractivity contribution in [2.45, 2.75) is 45.4 Å². The standard InChI is InChI=1S/C15H25NOS/c1-5-13-6-8-14(9-7-13)15(16)10-18(17)12(4)11(2)3/h6-9,11-12,15H,5,10,16H2,1-4H3. The summed E-state index contributed by atoms with van der Waals surface area (Å²) >= 11 is 0. The lowest BCUT2D eigenvalue weighted by molar-refractivity contribution is 0.601. The molecule has 3 atom stereocenters. The molecule has 2 nitrogen and oxygen atoms in total. The van der Waals surface area contributed by atoms with Crippen LogP contribution in [0.5, 0.6) is 0 Å². The Bertz CT molecular complexity index is 386. The van der Waals surface area contributed by atoms with Gasteiger partial charge in [-0.15, -0.1) is 0 Å². The van der Waals surface area contributed by atoms with Gasteiger partial charge in [-0.1, -0.05) is 52.0 Å². The van der Waals surface area contributed by atoms with E-state index in [1.165, 1.54) is 5.56 Å². The minimum absolute atomic E-state index is 0.127. The molecule has 0 aliphatic rings. The van der Waals surface area contributed by atoms with Gasteiger partial charge < -0.3 is 5.73 Å². The summed E-state index contributed by atoms with van der Waals surface area (Å²) in [6, 6.07) is 8.19. The molecule has 3 unspecified atom stereocenters. The van der Waals surface area contributed by atoms with E-state index in [0.29, 0.717) is 11.7 Å². The van der Waals surface area contributed by atoms with Crippen LogP contribution >= 0.6 is 0 Å². The average Bonchev–Trinajstić information content (AvgIpc) is 2.37. The number of benzene rings is 1. The third kappa shape index (κ3) is 4.21. The summed E-state index contributed by atoms with van der Waals surface area (Å²) in [6.07, 6.45) is 1.03. The topological polar surface area (TPSA) is 43.1 Å². The molecule has 0 aliphatic carbocycles. The predicted molar refractivity (Wildman–Crippen MR) is 80.1 cm³/mol. The molecule has 1 rings (SSSR count). The Morgan fingerprint density at radius 1 is 1.17 bits per heavy atom. The molecule has 0 saturated carbocycles. The van der Waals surface area contributed by atoms with Crippen LogP contribution in [0.1, 0.15) is 44.9 Å². The molecule has 1 aromatic rings. The van der Waals surface area contributed by atoms with Gasteiger partial charge in [-0.25, -0.2) is 0 Å². The van der Waals surface area contributed by atoms with Crippen molar-refractivity contribution < 1.29 is 4.21 Å². The zero-order chi connectivity index (χ0) is 13.7. The molecular formula is C15H25NOS. The summed E-state index contributed by atoms with van der Waals surface area (Å²) < 4.78 is 12.1. The van der Waals surface area contributed by atoms with E-state index < -0.39 is 10.8 Å². The van der Waals surface area contributed by atoms with Crippen molar-refractivity contribution in [3.63, 3.8) is 0 Å². The fraction of sp³-hybridized carbons (Fsp3) is 0.600. The Balaban J connectivity index is 2.64. The molecule has 0 radical (unpaired) electrons.